The van der Waals surface area contributed by atoms with Crippen LogP contribution in [-0.2, 0) is 4.79 Å². The topological polar surface area (TPSA) is 54.0 Å². The van der Waals surface area contributed by atoms with Crippen molar-refractivity contribution in [1.82, 2.24) is 15.6 Å². The van der Waals surface area contributed by atoms with E-state index >= 15 is 0 Å². The Balaban J connectivity index is 1.66. The van der Waals surface area contributed by atoms with Crippen LogP contribution in [-0.4, -0.2) is 29.2 Å². The molecule has 4 nitrogen and oxygen atoms in total. The number of amides is 1. The quantitative estimate of drug-likeness (QED) is 0.725. The van der Waals surface area contributed by atoms with Gasteiger partial charge in [0.15, 0.2) is 0 Å². The van der Waals surface area contributed by atoms with E-state index < -0.39 is 0 Å². The van der Waals surface area contributed by atoms with E-state index in [0.717, 1.165) is 24.3 Å². The van der Waals surface area contributed by atoms with Crippen molar-refractivity contribution in [3.63, 3.8) is 0 Å². The van der Waals surface area contributed by atoms with Crippen molar-refractivity contribution >= 4 is 17.7 Å². The van der Waals surface area contributed by atoms with Crippen molar-refractivity contribution in [2.75, 3.05) is 12.3 Å². The third-order valence-corrected chi connectivity index (χ3v) is 4.93. The summed E-state index contributed by atoms with van der Waals surface area (Å²) < 4.78 is 0. The van der Waals surface area contributed by atoms with Crippen LogP contribution in [0.1, 0.15) is 50.0 Å². The van der Waals surface area contributed by atoms with E-state index in [-0.39, 0.29) is 17.3 Å². The normalized spacial score (nSPS) is 21.4. The number of rotatable bonds is 8. The molecule has 1 aromatic heterocycles. The maximum atomic E-state index is 12.1. The molecule has 0 saturated carbocycles. The van der Waals surface area contributed by atoms with Crippen molar-refractivity contribution in [3.8, 4) is 0 Å². The number of thioether (sulfide) groups is 1. The Bertz CT molecular complexity index is 427. The first-order valence-electron chi connectivity index (χ1n) is 7.86. The lowest BCUT2D eigenvalue weighted by Gasteiger charge is -2.13. The summed E-state index contributed by atoms with van der Waals surface area (Å²) in [5.74, 6) is 0.950. The van der Waals surface area contributed by atoms with Crippen molar-refractivity contribution in [2.45, 2.75) is 50.4 Å². The summed E-state index contributed by atoms with van der Waals surface area (Å²) in [7, 11) is 0. The number of unbranched alkanes of at least 4 members (excludes halogenated alkanes) is 4. The fraction of sp³-hybridized carbons (Fsp3) is 0.625. The first-order chi connectivity index (χ1) is 10.3. The van der Waals surface area contributed by atoms with Crippen molar-refractivity contribution < 1.29 is 4.79 Å². The van der Waals surface area contributed by atoms with Gasteiger partial charge in [-0.1, -0.05) is 38.7 Å². The Morgan fingerprint density at radius 3 is 3.05 bits per heavy atom. The van der Waals surface area contributed by atoms with Gasteiger partial charge in [-0.15, -0.1) is 11.8 Å². The zero-order chi connectivity index (χ0) is 14.9. The molecule has 0 bridgehead atoms. The number of nitrogens with one attached hydrogen (secondary N) is 2. The molecule has 1 aromatic rings. The molecule has 1 aliphatic rings. The van der Waals surface area contributed by atoms with E-state index in [1.54, 1.807) is 18.0 Å². The highest BCUT2D eigenvalue weighted by molar-refractivity contribution is 7.99. The molecule has 1 amide bonds. The van der Waals surface area contributed by atoms with Crippen LogP contribution in [0.4, 0.5) is 0 Å². The van der Waals surface area contributed by atoms with Gasteiger partial charge in [0.2, 0.25) is 5.91 Å². The molecule has 1 aliphatic heterocycles. The third-order valence-electron chi connectivity index (χ3n) is 3.67. The van der Waals surface area contributed by atoms with Gasteiger partial charge in [0.25, 0.3) is 0 Å². The second kappa shape index (κ2) is 9.05. The molecule has 116 valence electrons. The predicted octanol–water partition coefficient (Wildman–Crippen LogP) is 2.87. The molecule has 21 heavy (non-hydrogen) atoms. The molecule has 2 unspecified atom stereocenters. The smallest absolute Gasteiger partial charge is 0.238 e. The number of pyridine rings is 1. The van der Waals surface area contributed by atoms with E-state index in [1.807, 2.05) is 18.3 Å². The molecule has 0 aliphatic carbocycles. The number of aromatic nitrogens is 1. The van der Waals surface area contributed by atoms with Crippen LogP contribution in [0.25, 0.3) is 0 Å². The highest BCUT2D eigenvalue weighted by Crippen LogP contribution is 2.32. The Morgan fingerprint density at radius 2 is 2.29 bits per heavy atom. The van der Waals surface area contributed by atoms with E-state index in [1.165, 1.54) is 25.7 Å². The third kappa shape index (κ3) is 5.32. The van der Waals surface area contributed by atoms with Crippen molar-refractivity contribution in [3.05, 3.63) is 30.1 Å². The summed E-state index contributed by atoms with van der Waals surface area (Å²) in [6.07, 6.45) is 9.74. The van der Waals surface area contributed by atoms with Crippen LogP contribution < -0.4 is 10.6 Å². The molecule has 1 fully saturated rings. The van der Waals surface area contributed by atoms with Crippen LogP contribution in [0.15, 0.2) is 24.5 Å². The van der Waals surface area contributed by atoms with Gasteiger partial charge < -0.3 is 5.32 Å². The standard InChI is InChI=1S/C16H25N3OS/c1-2-3-4-5-6-10-18-15(20)14-12-21-16(19-14)13-8-7-9-17-11-13/h7-9,11,14,16,19H,2-6,10,12H2,1H3,(H,18,20). The Kier molecular flexibility index (Phi) is 7.03. The lowest BCUT2D eigenvalue weighted by atomic mass is 10.1. The molecular formula is C16H25N3OS. The van der Waals surface area contributed by atoms with Gasteiger partial charge in [-0.05, 0) is 18.1 Å². The van der Waals surface area contributed by atoms with Crippen LogP contribution in [0.5, 0.6) is 0 Å². The lowest BCUT2D eigenvalue weighted by molar-refractivity contribution is -0.122. The average Bonchev–Trinajstić information content (AvgIpc) is 3.01. The SMILES string of the molecule is CCCCCCCNC(=O)C1CSC(c2cccnc2)N1. The minimum atomic E-state index is -0.0872. The van der Waals surface area contributed by atoms with Crippen LogP contribution >= 0.6 is 11.8 Å². The van der Waals surface area contributed by atoms with Crippen molar-refractivity contribution in [2.24, 2.45) is 0 Å². The molecule has 0 radical (unpaired) electrons. The van der Waals surface area contributed by atoms with E-state index in [9.17, 15) is 4.79 Å². The van der Waals surface area contributed by atoms with Gasteiger partial charge in [0.1, 0.15) is 0 Å². The maximum Gasteiger partial charge on any atom is 0.238 e. The highest BCUT2D eigenvalue weighted by Gasteiger charge is 2.30. The number of hydrogen-bond donors (Lipinski definition) is 2. The number of hydrogen-bond acceptors (Lipinski definition) is 4. The summed E-state index contributed by atoms with van der Waals surface area (Å²) >= 11 is 1.77. The minimum Gasteiger partial charge on any atom is -0.355 e. The zero-order valence-corrected chi connectivity index (χ0v) is 13.5. The first kappa shape index (κ1) is 16.3. The molecule has 2 atom stereocenters. The Labute approximate surface area is 131 Å². The second-order valence-electron chi connectivity index (χ2n) is 5.42. The van der Waals surface area contributed by atoms with Gasteiger partial charge in [-0.2, -0.15) is 0 Å². The molecule has 5 heteroatoms. The molecule has 2 rings (SSSR count). The fourth-order valence-electron chi connectivity index (χ4n) is 2.41. The second-order valence-corrected chi connectivity index (χ2v) is 6.56. The molecule has 0 aromatic carbocycles. The fourth-order valence-corrected chi connectivity index (χ4v) is 3.63. The summed E-state index contributed by atoms with van der Waals surface area (Å²) in [4.78, 5) is 16.2. The van der Waals surface area contributed by atoms with Gasteiger partial charge in [0, 0.05) is 24.7 Å². The zero-order valence-electron chi connectivity index (χ0n) is 12.7. The lowest BCUT2D eigenvalue weighted by Crippen LogP contribution is -2.42. The Morgan fingerprint density at radius 1 is 1.43 bits per heavy atom. The average molecular weight is 307 g/mol. The number of nitrogens with zero attached hydrogens (tertiary/aromatic N) is 1. The van der Waals surface area contributed by atoms with Gasteiger partial charge >= 0.3 is 0 Å². The number of carbonyl (C=O) groups is 1. The summed E-state index contributed by atoms with van der Waals surface area (Å²) in [6, 6.07) is 3.89. The number of carbonyl (C=O) groups excluding carboxylic acids is 1. The summed E-state index contributed by atoms with van der Waals surface area (Å²) in [5.41, 5.74) is 1.14. The predicted molar refractivity (Wildman–Crippen MR) is 88.1 cm³/mol. The monoisotopic (exact) mass is 307 g/mol. The summed E-state index contributed by atoms with van der Waals surface area (Å²) in [6.45, 7) is 3.01. The minimum absolute atomic E-state index is 0.0872. The van der Waals surface area contributed by atoms with Crippen LogP contribution in [0.3, 0.4) is 0 Å². The summed E-state index contributed by atoms with van der Waals surface area (Å²) in [5, 5.41) is 6.60. The van der Waals surface area contributed by atoms with Crippen LogP contribution in [0, 0.1) is 0 Å². The van der Waals surface area contributed by atoms with Gasteiger partial charge in [0.05, 0.1) is 11.4 Å². The molecule has 0 spiro atoms. The Hall–Kier alpha value is -1.07. The molecule has 2 heterocycles. The van der Waals surface area contributed by atoms with Gasteiger partial charge in [-0.25, -0.2) is 0 Å². The largest absolute Gasteiger partial charge is 0.355 e. The highest BCUT2D eigenvalue weighted by atomic mass is 32.2. The molecule has 2 N–H and O–H groups in total. The first-order valence-corrected chi connectivity index (χ1v) is 8.91. The van der Waals surface area contributed by atoms with E-state index in [4.69, 9.17) is 0 Å². The van der Waals surface area contributed by atoms with Crippen molar-refractivity contribution in [1.29, 1.82) is 0 Å². The maximum absolute atomic E-state index is 12.1. The molecular weight excluding hydrogens is 282 g/mol. The van der Waals surface area contributed by atoms with E-state index in [0.29, 0.717) is 0 Å². The molecule has 1 saturated heterocycles. The van der Waals surface area contributed by atoms with Gasteiger partial charge in [-0.3, -0.25) is 15.1 Å². The van der Waals surface area contributed by atoms with Crippen LogP contribution in [0.2, 0.25) is 0 Å². The van der Waals surface area contributed by atoms with E-state index in [2.05, 4.69) is 22.5 Å².